The monoisotopic (exact) mass is 402 g/mol. The Balaban J connectivity index is 5.00. The van der Waals surface area contributed by atoms with Crippen LogP contribution < -0.4 is 5.32 Å². The zero-order valence-corrected chi connectivity index (χ0v) is 17.5. The topological polar surface area (TPSA) is 110 Å². The number of carbonyl (C=O) groups excluding carboxylic acids is 5. The molecule has 0 radical (unpaired) electrons. The number of ketones is 1. The SMILES string of the molecule is CCOC(=O)CC(=O)C(=O)SCC(NC(=O)C(C)CC)C(=O)N(CC)CC. The molecule has 0 aromatic rings. The Bertz CT molecular complexity index is 548. The van der Waals surface area contributed by atoms with Crippen LogP contribution in [0.3, 0.4) is 0 Å². The van der Waals surface area contributed by atoms with E-state index in [0.29, 0.717) is 31.3 Å². The maximum Gasteiger partial charge on any atom is 0.313 e. The first-order chi connectivity index (χ1) is 12.7. The smallest absolute Gasteiger partial charge is 0.313 e. The van der Waals surface area contributed by atoms with Crippen LogP contribution in [0.1, 0.15) is 47.5 Å². The quantitative estimate of drug-likeness (QED) is 0.296. The van der Waals surface area contributed by atoms with E-state index in [1.165, 1.54) is 0 Å². The number of nitrogens with one attached hydrogen (secondary N) is 1. The fourth-order valence-electron chi connectivity index (χ4n) is 2.08. The largest absolute Gasteiger partial charge is 0.466 e. The molecule has 9 heteroatoms. The fraction of sp³-hybridized carbons (Fsp3) is 0.722. The number of likely N-dealkylation sites (N-methyl/N-ethyl adjacent to an activating group) is 1. The van der Waals surface area contributed by atoms with Gasteiger partial charge in [-0.05, 0) is 27.2 Å². The van der Waals surface area contributed by atoms with Crippen molar-refractivity contribution in [2.75, 3.05) is 25.4 Å². The molecule has 0 aliphatic rings. The van der Waals surface area contributed by atoms with E-state index >= 15 is 0 Å². The molecule has 0 aliphatic carbocycles. The number of Topliss-reactive ketones (excluding diaryl/α,β-unsaturated/α-hetero) is 1. The van der Waals surface area contributed by atoms with Crippen LogP contribution in [-0.2, 0) is 28.7 Å². The number of amides is 2. The van der Waals surface area contributed by atoms with Gasteiger partial charge in [0.2, 0.25) is 17.6 Å². The molecule has 0 rings (SSSR count). The molecule has 0 spiro atoms. The van der Waals surface area contributed by atoms with Crippen LogP contribution in [0.2, 0.25) is 0 Å². The predicted octanol–water partition coefficient (Wildman–Crippen LogP) is 1.17. The average Bonchev–Trinajstić information content (AvgIpc) is 2.64. The third kappa shape index (κ3) is 9.03. The molecule has 0 bridgehead atoms. The molecule has 0 saturated carbocycles. The second-order valence-electron chi connectivity index (χ2n) is 5.88. The normalized spacial score (nSPS) is 12.6. The lowest BCUT2D eigenvalue weighted by atomic mass is 10.1. The molecule has 1 N–H and O–H groups in total. The minimum atomic E-state index is -0.921. The highest BCUT2D eigenvalue weighted by Crippen LogP contribution is 2.11. The summed E-state index contributed by atoms with van der Waals surface area (Å²) < 4.78 is 4.64. The molecular formula is C18H30N2O6S. The maximum atomic E-state index is 12.6. The number of carbonyl (C=O) groups is 5. The molecular weight excluding hydrogens is 372 g/mol. The lowest BCUT2D eigenvalue weighted by Crippen LogP contribution is -2.51. The number of hydrogen-bond donors (Lipinski definition) is 1. The summed E-state index contributed by atoms with van der Waals surface area (Å²) in [4.78, 5) is 61.4. The summed E-state index contributed by atoms with van der Waals surface area (Å²) in [6.45, 7) is 9.88. The first kappa shape index (κ1) is 25.1. The summed E-state index contributed by atoms with van der Waals surface area (Å²) in [5.41, 5.74) is 0. The van der Waals surface area contributed by atoms with Crippen LogP contribution in [0.15, 0.2) is 0 Å². The van der Waals surface area contributed by atoms with Gasteiger partial charge in [0.05, 0.1) is 6.61 Å². The second kappa shape index (κ2) is 13.3. The highest BCUT2D eigenvalue weighted by molar-refractivity contribution is 8.15. The van der Waals surface area contributed by atoms with E-state index in [1.807, 2.05) is 20.8 Å². The van der Waals surface area contributed by atoms with E-state index in [1.54, 1.807) is 18.7 Å². The summed E-state index contributed by atoms with van der Waals surface area (Å²) in [6.07, 6.45) is -0.0182. The van der Waals surface area contributed by atoms with E-state index in [9.17, 15) is 24.0 Å². The zero-order valence-electron chi connectivity index (χ0n) is 16.7. The van der Waals surface area contributed by atoms with Gasteiger partial charge in [-0.2, -0.15) is 0 Å². The molecule has 0 aromatic heterocycles. The lowest BCUT2D eigenvalue weighted by molar-refractivity contribution is -0.147. The predicted molar refractivity (Wildman–Crippen MR) is 103 cm³/mol. The van der Waals surface area contributed by atoms with Crippen molar-refractivity contribution in [3.63, 3.8) is 0 Å². The van der Waals surface area contributed by atoms with Crippen molar-refractivity contribution in [3.05, 3.63) is 0 Å². The standard InChI is InChI=1S/C18H30N2O6S/c1-6-12(5)16(23)19-13(17(24)20(7-2)8-3)11-27-18(25)14(21)10-15(22)26-9-4/h12-13H,6-11H2,1-5H3,(H,19,23). The summed E-state index contributed by atoms with van der Waals surface area (Å²) in [7, 11) is 0. The van der Waals surface area contributed by atoms with Crippen molar-refractivity contribution in [2.45, 2.75) is 53.5 Å². The van der Waals surface area contributed by atoms with Gasteiger partial charge in [-0.1, -0.05) is 25.6 Å². The van der Waals surface area contributed by atoms with Gasteiger partial charge in [-0.3, -0.25) is 24.0 Å². The Morgan fingerprint density at radius 3 is 2.11 bits per heavy atom. The molecule has 2 unspecified atom stereocenters. The van der Waals surface area contributed by atoms with Crippen LogP contribution in [0.25, 0.3) is 0 Å². The van der Waals surface area contributed by atoms with Gasteiger partial charge in [0.1, 0.15) is 12.5 Å². The molecule has 2 amide bonds. The Labute approximate surface area is 164 Å². The minimum Gasteiger partial charge on any atom is -0.466 e. The number of hydrogen-bond acceptors (Lipinski definition) is 7. The molecule has 0 aliphatic heterocycles. The molecule has 8 nitrogen and oxygen atoms in total. The highest BCUT2D eigenvalue weighted by Gasteiger charge is 2.28. The van der Waals surface area contributed by atoms with Crippen molar-refractivity contribution in [3.8, 4) is 0 Å². The first-order valence-corrected chi connectivity index (χ1v) is 10.1. The Kier molecular flexibility index (Phi) is 12.4. The Hall–Kier alpha value is -1.90. The Morgan fingerprint density at radius 2 is 1.63 bits per heavy atom. The minimum absolute atomic E-state index is 0.0785. The molecule has 2 atom stereocenters. The number of ether oxygens (including phenoxy) is 1. The van der Waals surface area contributed by atoms with Gasteiger partial charge in [0, 0.05) is 24.8 Å². The molecule has 27 heavy (non-hydrogen) atoms. The van der Waals surface area contributed by atoms with E-state index in [4.69, 9.17) is 0 Å². The molecule has 0 fully saturated rings. The van der Waals surface area contributed by atoms with Crippen LogP contribution in [-0.4, -0.2) is 65.1 Å². The third-order valence-corrected chi connectivity index (χ3v) is 4.96. The first-order valence-electron chi connectivity index (χ1n) is 9.16. The summed E-state index contributed by atoms with van der Waals surface area (Å²) >= 11 is 0.622. The van der Waals surface area contributed by atoms with Crippen LogP contribution in [0, 0.1) is 5.92 Å². The summed E-state index contributed by atoms with van der Waals surface area (Å²) in [5.74, 6) is -2.60. The van der Waals surface area contributed by atoms with Gasteiger partial charge in [-0.15, -0.1) is 0 Å². The third-order valence-electron chi connectivity index (χ3n) is 3.97. The van der Waals surface area contributed by atoms with Crippen LogP contribution in [0.4, 0.5) is 0 Å². The van der Waals surface area contributed by atoms with Gasteiger partial charge >= 0.3 is 5.97 Å². The second-order valence-corrected chi connectivity index (χ2v) is 6.88. The van der Waals surface area contributed by atoms with Gasteiger partial charge in [0.15, 0.2) is 0 Å². The average molecular weight is 403 g/mol. The zero-order chi connectivity index (χ0) is 21.0. The van der Waals surface area contributed by atoms with E-state index in [0.717, 1.165) is 0 Å². The van der Waals surface area contributed by atoms with Crippen LogP contribution >= 0.6 is 11.8 Å². The highest BCUT2D eigenvalue weighted by atomic mass is 32.2. The van der Waals surface area contributed by atoms with Gasteiger partial charge in [-0.25, -0.2) is 0 Å². The van der Waals surface area contributed by atoms with Crippen molar-refractivity contribution in [1.29, 1.82) is 0 Å². The van der Waals surface area contributed by atoms with Crippen molar-refractivity contribution in [2.24, 2.45) is 5.92 Å². The summed E-state index contributed by atoms with van der Waals surface area (Å²) in [6, 6.07) is -0.921. The summed E-state index contributed by atoms with van der Waals surface area (Å²) in [5, 5.41) is 1.83. The van der Waals surface area contributed by atoms with Gasteiger partial charge < -0.3 is 15.0 Å². The number of nitrogens with zero attached hydrogens (tertiary/aromatic N) is 1. The van der Waals surface area contributed by atoms with Crippen molar-refractivity contribution >= 4 is 40.4 Å². The number of thioether (sulfide) groups is 1. The Morgan fingerprint density at radius 1 is 1.04 bits per heavy atom. The van der Waals surface area contributed by atoms with Gasteiger partial charge in [0.25, 0.3) is 5.12 Å². The van der Waals surface area contributed by atoms with Crippen LogP contribution in [0.5, 0.6) is 0 Å². The number of esters is 1. The van der Waals surface area contributed by atoms with Crippen molar-refractivity contribution in [1.82, 2.24) is 10.2 Å². The lowest BCUT2D eigenvalue weighted by Gasteiger charge is -2.26. The maximum absolute atomic E-state index is 12.6. The number of rotatable bonds is 12. The van der Waals surface area contributed by atoms with E-state index in [2.05, 4.69) is 10.1 Å². The van der Waals surface area contributed by atoms with Crippen molar-refractivity contribution < 1.29 is 28.7 Å². The molecule has 0 heterocycles. The molecule has 0 aromatic carbocycles. The fourth-order valence-corrected chi connectivity index (χ4v) is 2.86. The molecule has 154 valence electrons. The van der Waals surface area contributed by atoms with E-state index < -0.39 is 29.3 Å². The van der Waals surface area contributed by atoms with E-state index in [-0.39, 0.29) is 30.1 Å². The molecule has 0 saturated heterocycles.